The Morgan fingerprint density at radius 1 is 1.07 bits per heavy atom. The smallest absolute Gasteiger partial charge is 0.408 e. The molecular formula is C21H39N3O5. The quantitative estimate of drug-likeness (QED) is 0.640. The normalized spacial score (nSPS) is 20.1. The first-order valence-electron chi connectivity index (χ1n) is 10.4. The Labute approximate surface area is 174 Å². The van der Waals surface area contributed by atoms with Crippen LogP contribution in [0.25, 0.3) is 0 Å². The molecule has 0 bridgehead atoms. The van der Waals surface area contributed by atoms with Crippen LogP contribution in [0.1, 0.15) is 74.7 Å². The number of hydrogen-bond acceptors (Lipinski definition) is 5. The minimum Gasteiger partial charge on any atom is -0.444 e. The number of aliphatic hydroxyl groups is 1. The predicted molar refractivity (Wildman–Crippen MR) is 111 cm³/mol. The molecule has 1 fully saturated rings. The summed E-state index contributed by atoms with van der Waals surface area (Å²) in [5.74, 6) is -0.986. The third-order valence-electron chi connectivity index (χ3n) is 4.57. The SMILES string of the molecule is CC(C)[C@H](NC(=O)OC(C)(C)C)C(=O)N1CCCCC1C(O)C(=O)NC(C)(C)C. The summed E-state index contributed by atoms with van der Waals surface area (Å²) >= 11 is 0. The number of carbonyl (C=O) groups excluding carboxylic acids is 3. The number of likely N-dealkylation sites (tertiary alicyclic amines) is 1. The van der Waals surface area contributed by atoms with E-state index in [1.807, 2.05) is 34.6 Å². The second-order valence-corrected chi connectivity index (χ2v) is 10.1. The minimum atomic E-state index is -1.33. The van der Waals surface area contributed by atoms with E-state index in [9.17, 15) is 19.5 Å². The molecule has 1 rings (SSSR count). The molecule has 0 radical (unpaired) electrons. The van der Waals surface area contributed by atoms with Crippen molar-refractivity contribution < 1.29 is 24.2 Å². The topological polar surface area (TPSA) is 108 Å². The lowest BCUT2D eigenvalue weighted by atomic mass is 9.93. The highest BCUT2D eigenvalue weighted by Crippen LogP contribution is 2.23. The molecule has 1 heterocycles. The molecule has 0 aromatic heterocycles. The minimum absolute atomic E-state index is 0.182. The Balaban J connectivity index is 2.97. The van der Waals surface area contributed by atoms with Crippen molar-refractivity contribution in [3.05, 3.63) is 0 Å². The van der Waals surface area contributed by atoms with Gasteiger partial charge in [-0.2, -0.15) is 0 Å². The molecule has 8 nitrogen and oxygen atoms in total. The third-order valence-corrected chi connectivity index (χ3v) is 4.57. The van der Waals surface area contributed by atoms with Crippen molar-refractivity contribution in [1.82, 2.24) is 15.5 Å². The number of piperidine rings is 1. The highest BCUT2D eigenvalue weighted by molar-refractivity contribution is 5.88. The van der Waals surface area contributed by atoms with Gasteiger partial charge in [-0.25, -0.2) is 4.79 Å². The fourth-order valence-electron chi connectivity index (χ4n) is 3.30. The van der Waals surface area contributed by atoms with Crippen LogP contribution in [0.5, 0.6) is 0 Å². The summed E-state index contributed by atoms with van der Waals surface area (Å²) in [4.78, 5) is 39.5. The van der Waals surface area contributed by atoms with E-state index in [2.05, 4.69) is 10.6 Å². The monoisotopic (exact) mass is 413 g/mol. The molecule has 0 aromatic rings. The highest BCUT2D eigenvalue weighted by Gasteiger charge is 2.40. The van der Waals surface area contributed by atoms with Gasteiger partial charge in [-0.15, -0.1) is 0 Å². The summed E-state index contributed by atoms with van der Waals surface area (Å²) in [5.41, 5.74) is -1.16. The molecular weight excluding hydrogens is 374 g/mol. The molecule has 2 unspecified atom stereocenters. The molecule has 3 atom stereocenters. The molecule has 1 aliphatic heterocycles. The lowest BCUT2D eigenvalue weighted by Gasteiger charge is -2.41. The van der Waals surface area contributed by atoms with Crippen LogP contribution in [0.4, 0.5) is 4.79 Å². The van der Waals surface area contributed by atoms with Crippen molar-refractivity contribution in [3.8, 4) is 0 Å². The van der Waals surface area contributed by atoms with Crippen LogP contribution in [-0.4, -0.2) is 63.8 Å². The van der Waals surface area contributed by atoms with Gasteiger partial charge in [0, 0.05) is 12.1 Å². The fraction of sp³-hybridized carbons (Fsp3) is 0.857. The van der Waals surface area contributed by atoms with Gasteiger partial charge in [-0.05, 0) is 66.7 Å². The average Bonchev–Trinajstić information content (AvgIpc) is 2.55. The second-order valence-electron chi connectivity index (χ2n) is 10.1. The maximum Gasteiger partial charge on any atom is 0.408 e. The number of ether oxygens (including phenoxy) is 1. The average molecular weight is 414 g/mol. The number of carbonyl (C=O) groups is 3. The molecule has 0 aromatic carbocycles. The van der Waals surface area contributed by atoms with E-state index in [1.54, 1.807) is 25.7 Å². The number of rotatable bonds is 5. The number of aliphatic hydroxyl groups excluding tert-OH is 1. The maximum absolute atomic E-state index is 13.3. The summed E-state index contributed by atoms with van der Waals surface area (Å²) in [7, 11) is 0. The van der Waals surface area contributed by atoms with Crippen LogP contribution in [0.3, 0.4) is 0 Å². The Bertz CT molecular complexity index is 592. The van der Waals surface area contributed by atoms with Crippen LogP contribution >= 0.6 is 0 Å². The van der Waals surface area contributed by atoms with E-state index in [-0.39, 0.29) is 11.8 Å². The standard InChI is InChI=1S/C21H39N3O5/c1-13(2)15(22-19(28)29-21(6,7)8)18(27)24-12-10-9-11-14(24)16(25)17(26)23-20(3,4)5/h13-16,25H,9-12H2,1-8H3,(H,22,28)(H,23,26)/t14?,15-,16?/m0/s1. The van der Waals surface area contributed by atoms with Crippen molar-refractivity contribution in [2.24, 2.45) is 5.92 Å². The van der Waals surface area contributed by atoms with Gasteiger partial charge in [0.1, 0.15) is 11.6 Å². The number of hydrogen-bond donors (Lipinski definition) is 3. The van der Waals surface area contributed by atoms with Crippen molar-refractivity contribution in [1.29, 1.82) is 0 Å². The van der Waals surface area contributed by atoms with Crippen molar-refractivity contribution in [2.45, 2.75) is 104 Å². The lowest BCUT2D eigenvalue weighted by Crippen LogP contribution is -2.61. The largest absolute Gasteiger partial charge is 0.444 e. The second kappa shape index (κ2) is 9.78. The summed E-state index contributed by atoms with van der Waals surface area (Å²) in [6, 6.07) is -1.43. The van der Waals surface area contributed by atoms with Gasteiger partial charge in [-0.1, -0.05) is 13.8 Å². The summed E-state index contributed by atoms with van der Waals surface area (Å²) in [6.45, 7) is 14.9. The van der Waals surface area contributed by atoms with Crippen molar-refractivity contribution in [2.75, 3.05) is 6.54 Å². The molecule has 29 heavy (non-hydrogen) atoms. The number of nitrogens with zero attached hydrogens (tertiary/aromatic N) is 1. The van der Waals surface area contributed by atoms with E-state index in [4.69, 9.17) is 4.74 Å². The Hall–Kier alpha value is -1.83. The van der Waals surface area contributed by atoms with Gasteiger partial charge < -0.3 is 25.4 Å². The Morgan fingerprint density at radius 3 is 2.14 bits per heavy atom. The molecule has 0 aliphatic carbocycles. The molecule has 3 N–H and O–H groups in total. The van der Waals surface area contributed by atoms with Crippen molar-refractivity contribution in [3.63, 3.8) is 0 Å². The van der Waals surface area contributed by atoms with Gasteiger partial charge >= 0.3 is 6.09 Å². The number of alkyl carbamates (subject to hydrolysis) is 1. The van der Waals surface area contributed by atoms with Gasteiger partial charge in [0.2, 0.25) is 5.91 Å². The first-order chi connectivity index (χ1) is 13.1. The van der Waals surface area contributed by atoms with E-state index in [0.29, 0.717) is 13.0 Å². The first kappa shape index (κ1) is 25.2. The van der Waals surface area contributed by atoms with Gasteiger partial charge in [0.15, 0.2) is 6.10 Å². The zero-order chi connectivity index (χ0) is 22.6. The Morgan fingerprint density at radius 2 is 1.66 bits per heavy atom. The van der Waals surface area contributed by atoms with Crippen LogP contribution in [-0.2, 0) is 14.3 Å². The summed E-state index contributed by atoms with van der Waals surface area (Å²) < 4.78 is 5.29. The summed E-state index contributed by atoms with van der Waals surface area (Å²) in [6.07, 6.45) is 0.145. The van der Waals surface area contributed by atoms with Crippen molar-refractivity contribution >= 4 is 17.9 Å². The highest BCUT2D eigenvalue weighted by atomic mass is 16.6. The van der Waals surface area contributed by atoms with Crippen LogP contribution in [0.2, 0.25) is 0 Å². The lowest BCUT2D eigenvalue weighted by molar-refractivity contribution is -0.146. The van der Waals surface area contributed by atoms with Gasteiger partial charge in [0.25, 0.3) is 5.91 Å². The molecule has 3 amide bonds. The molecule has 0 spiro atoms. The van der Waals surface area contributed by atoms with Crippen LogP contribution < -0.4 is 10.6 Å². The van der Waals surface area contributed by atoms with E-state index < -0.39 is 41.3 Å². The van der Waals surface area contributed by atoms with Gasteiger partial charge in [0.05, 0.1) is 6.04 Å². The predicted octanol–water partition coefficient (Wildman–Crippen LogP) is 2.19. The van der Waals surface area contributed by atoms with E-state index in [0.717, 1.165) is 12.8 Å². The number of amides is 3. The zero-order valence-corrected chi connectivity index (χ0v) is 19.2. The molecule has 0 saturated carbocycles. The number of nitrogens with one attached hydrogen (secondary N) is 2. The molecule has 1 aliphatic rings. The van der Waals surface area contributed by atoms with Crippen LogP contribution in [0.15, 0.2) is 0 Å². The Kier molecular flexibility index (Phi) is 8.50. The van der Waals surface area contributed by atoms with Gasteiger partial charge in [-0.3, -0.25) is 9.59 Å². The fourth-order valence-corrected chi connectivity index (χ4v) is 3.30. The third kappa shape index (κ3) is 8.20. The first-order valence-corrected chi connectivity index (χ1v) is 10.4. The molecule has 168 valence electrons. The van der Waals surface area contributed by atoms with E-state index in [1.165, 1.54) is 0 Å². The maximum atomic E-state index is 13.3. The van der Waals surface area contributed by atoms with Crippen LogP contribution in [0, 0.1) is 5.92 Å². The molecule has 1 saturated heterocycles. The van der Waals surface area contributed by atoms with E-state index >= 15 is 0 Å². The zero-order valence-electron chi connectivity index (χ0n) is 19.2. The molecule has 8 heteroatoms. The summed E-state index contributed by atoms with van der Waals surface area (Å²) in [5, 5.41) is 16.1.